The third kappa shape index (κ3) is 7.59. The van der Waals surface area contributed by atoms with E-state index in [0.29, 0.717) is 31.0 Å². The van der Waals surface area contributed by atoms with Gasteiger partial charge in [0.05, 0.1) is 0 Å². The van der Waals surface area contributed by atoms with E-state index in [2.05, 4.69) is 10.2 Å². The van der Waals surface area contributed by atoms with Crippen LogP contribution in [-0.4, -0.2) is 38.1 Å². The van der Waals surface area contributed by atoms with Gasteiger partial charge in [-0.15, -0.1) is 0 Å². The standard InChI is InChI=1S/C20H25ClN2O2/c1-23(2)12-13-25-19-9-6-17(7-10-19)15-22-20(24)11-8-16-4-3-5-18(21)14-16/h3-7,9-10,14H,8,11-13,15H2,1-2H3,(H,22,24). The Bertz CT molecular complexity index is 672. The topological polar surface area (TPSA) is 41.6 Å². The van der Waals surface area contributed by atoms with Crippen LogP contribution < -0.4 is 10.1 Å². The minimum atomic E-state index is 0.0336. The van der Waals surface area contributed by atoms with Crippen molar-refractivity contribution in [3.05, 3.63) is 64.7 Å². The first-order valence-electron chi connectivity index (χ1n) is 8.40. The van der Waals surface area contributed by atoms with E-state index in [1.807, 2.05) is 62.6 Å². The summed E-state index contributed by atoms with van der Waals surface area (Å²) in [6, 6.07) is 15.4. The van der Waals surface area contributed by atoms with Crippen LogP contribution in [0.2, 0.25) is 5.02 Å². The fourth-order valence-corrected chi connectivity index (χ4v) is 2.50. The van der Waals surface area contributed by atoms with Gasteiger partial charge >= 0.3 is 0 Å². The minimum absolute atomic E-state index is 0.0336. The van der Waals surface area contributed by atoms with Crippen LogP contribution in [-0.2, 0) is 17.8 Å². The van der Waals surface area contributed by atoms with Crippen molar-refractivity contribution in [2.45, 2.75) is 19.4 Å². The number of halogens is 1. The van der Waals surface area contributed by atoms with Gasteiger partial charge in [0, 0.05) is 24.5 Å². The molecule has 2 aromatic rings. The average Bonchev–Trinajstić information content (AvgIpc) is 2.59. The number of rotatable bonds is 9. The van der Waals surface area contributed by atoms with Crippen LogP contribution >= 0.6 is 11.6 Å². The first-order valence-corrected chi connectivity index (χ1v) is 8.78. The van der Waals surface area contributed by atoms with Crippen LogP contribution in [0.25, 0.3) is 0 Å². The highest BCUT2D eigenvalue weighted by Gasteiger charge is 2.03. The lowest BCUT2D eigenvalue weighted by atomic mass is 10.1. The molecule has 0 bridgehead atoms. The van der Waals surface area contributed by atoms with Crippen molar-refractivity contribution in [3.63, 3.8) is 0 Å². The lowest BCUT2D eigenvalue weighted by Crippen LogP contribution is -2.23. The monoisotopic (exact) mass is 360 g/mol. The van der Waals surface area contributed by atoms with Crippen molar-refractivity contribution >= 4 is 17.5 Å². The number of nitrogens with zero attached hydrogens (tertiary/aromatic N) is 1. The summed E-state index contributed by atoms with van der Waals surface area (Å²) in [4.78, 5) is 14.0. The van der Waals surface area contributed by atoms with Gasteiger partial charge in [0.1, 0.15) is 12.4 Å². The van der Waals surface area contributed by atoms with Crippen LogP contribution in [0.1, 0.15) is 17.5 Å². The molecule has 134 valence electrons. The lowest BCUT2D eigenvalue weighted by Gasteiger charge is -2.11. The summed E-state index contributed by atoms with van der Waals surface area (Å²) in [5.74, 6) is 0.879. The molecule has 0 fully saturated rings. The number of ether oxygens (including phenoxy) is 1. The van der Waals surface area contributed by atoms with Gasteiger partial charge in [0.2, 0.25) is 5.91 Å². The van der Waals surface area contributed by atoms with E-state index in [4.69, 9.17) is 16.3 Å². The Balaban J connectivity index is 1.70. The molecule has 1 N–H and O–H groups in total. The maximum atomic E-state index is 12.0. The van der Waals surface area contributed by atoms with E-state index in [9.17, 15) is 4.79 Å². The summed E-state index contributed by atoms with van der Waals surface area (Å²) in [5, 5.41) is 3.64. The maximum absolute atomic E-state index is 12.0. The van der Waals surface area contributed by atoms with Gasteiger partial charge < -0.3 is 15.0 Å². The number of benzene rings is 2. The van der Waals surface area contributed by atoms with Gasteiger partial charge in [-0.3, -0.25) is 4.79 Å². The molecule has 0 aromatic heterocycles. The van der Waals surface area contributed by atoms with Crippen molar-refractivity contribution < 1.29 is 9.53 Å². The smallest absolute Gasteiger partial charge is 0.220 e. The largest absolute Gasteiger partial charge is 0.492 e. The molecular weight excluding hydrogens is 336 g/mol. The number of aryl methyl sites for hydroxylation is 1. The first-order chi connectivity index (χ1) is 12.0. The second-order valence-corrected chi connectivity index (χ2v) is 6.64. The molecule has 25 heavy (non-hydrogen) atoms. The number of hydrogen-bond donors (Lipinski definition) is 1. The second-order valence-electron chi connectivity index (χ2n) is 6.20. The summed E-state index contributed by atoms with van der Waals surface area (Å²) in [7, 11) is 4.03. The molecule has 2 rings (SSSR count). The van der Waals surface area contributed by atoms with Crippen molar-refractivity contribution in [3.8, 4) is 5.75 Å². The molecule has 0 heterocycles. The summed E-state index contributed by atoms with van der Waals surface area (Å²) < 4.78 is 5.65. The molecule has 0 aliphatic rings. The third-order valence-electron chi connectivity index (χ3n) is 3.75. The Hall–Kier alpha value is -2.04. The van der Waals surface area contributed by atoms with E-state index in [0.717, 1.165) is 23.4 Å². The van der Waals surface area contributed by atoms with Crippen molar-refractivity contribution in [2.75, 3.05) is 27.2 Å². The number of carbonyl (C=O) groups is 1. The van der Waals surface area contributed by atoms with Crippen molar-refractivity contribution in [2.24, 2.45) is 0 Å². The Morgan fingerprint density at radius 1 is 1.12 bits per heavy atom. The first kappa shape index (κ1) is 19.3. The van der Waals surface area contributed by atoms with E-state index in [1.54, 1.807) is 0 Å². The maximum Gasteiger partial charge on any atom is 0.220 e. The summed E-state index contributed by atoms with van der Waals surface area (Å²) in [5.41, 5.74) is 2.12. The zero-order valence-corrected chi connectivity index (χ0v) is 15.6. The zero-order chi connectivity index (χ0) is 18.1. The number of nitrogens with one attached hydrogen (secondary N) is 1. The molecule has 4 nitrogen and oxygen atoms in total. The Morgan fingerprint density at radius 3 is 2.56 bits per heavy atom. The molecule has 0 aliphatic heterocycles. The molecular formula is C20H25ClN2O2. The van der Waals surface area contributed by atoms with Crippen LogP contribution in [0.5, 0.6) is 5.75 Å². The van der Waals surface area contributed by atoms with Crippen LogP contribution in [0.15, 0.2) is 48.5 Å². The van der Waals surface area contributed by atoms with Crippen molar-refractivity contribution in [1.29, 1.82) is 0 Å². The fourth-order valence-electron chi connectivity index (χ4n) is 2.29. The van der Waals surface area contributed by atoms with Crippen molar-refractivity contribution in [1.82, 2.24) is 10.2 Å². The molecule has 0 aliphatic carbocycles. The molecule has 1 amide bonds. The number of amides is 1. The number of likely N-dealkylation sites (N-methyl/N-ethyl adjacent to an activating group) is 1. The number of hydrogen-bond acceptors (Lipinski definition) is 3. The highest BCUT2D eigenvalue weighted by molar-refractivity contribution is 6.30. The predicted octanol–water partition coefficient (Wildman–Crippen LogP) is 3.53. The highest BCUT2D eigenvalue weighted by Crippen LogP contribution is 2.13. The lowest BCUT2D eigenvalue weighted by molar-refractivity contribution is -0.121. The zero-order valence-electron chi connectivity index (χ0n) is 14.8. The van der Waals surface area contributed by atoms with Gasteiger partial charge in [-0.25, -0.2) is 0 Å². The van der Waals surface area contributed by atoms with E-state index < -0.39 is 0 Å². The van der Waals surface area contributed by atoms with Gasteiger partial charge in [0.15, 0.2) is 0 Å². The summed E-state index contributed by atoms with van der Waals surface area (Å²) in [6.45, 7) is 2.06. The van der Waals surface area contributed by atoms with E-state index in [1.165, 1.54) is 0 Å². The van der Waals surface area contributed by atoms with E-state index >= 15 is 0 Å². The Kier molecular flexibility index (Phi) is 7.76. The molecule has 2 aromatic carbocycles. The van der Waals surface area contributed by atoms with Gasteiger partial charge in [-0.05, 0) is 55.9 Å². The second kappa shape index (κ2) is 10.1. The quantitative estimate of drug-likeness (QED) is 0.743. The molecule has 0 saturated carbocycles. The molecule has 0 unspecified atom stereocenters. The Morgan fingerprint density at radius 2 is 1.88 bits per heavy atom. The van der Waals surface area contributed by atoms with Gasteiger partial charge in [-0.1, -0.05) is 35.9 Å². The SMILES string of the molecule is CN(C)CCOc1ccc(CNC(=O)CCc2cccc(Cl)c2)cc1. The molecule has 0 radical (unpaired) electrons. The molecule has 5 heteroatoms. The number of carbonyl (C=O) groups excluding carboxylic acids is 1. The highest BCUT2D eigenvalue weighted by atomic mass is 35.5. The third-order valence-corrected chi connectivity index (χ3v) is 3.99. The summed E-state index contributed by atoms with van der Waals surface area (Å²) >= 11 is 5.95. The summed E-state index contributed by atoms with van der Waals surface area (Å²) in [6.07, 6.45) is 1.14. The van der Waals surface area contributed by atoms with Gasteiger partial charge in [0.25, 0.3) is 0 Å². The normalized spacial score (nSPS) is 10.7. The Labute approximate surface area is 154 Å². The average molecular weight is 361 g/mol. The molecule has 0 saturated heterocycles. The van der Waals surface area contributed by atoms with Crippen LogP contribution in [0.4, 0.5) is 0 Å². The van der Waals surface area contributed by atoms with Crippen LogP contribution in [0, 0.1) is 0 Å². The molecule has 0 atom stereocenters. The molecule has 0 spiro atoms. The van der Waals surface area contributed by atoms with Gasteiger partial charge in [-0.2, -0.15) is 0 Å². The fraction of sp³-hybridized carbons (Fsp3) is 0.350. The minimum Gasteiger partial charge on any atom is -0.492 e. The van der Waals surface area contributed by atoms with Crippen LogP contribution in [0.3, 0.4) is 0 Å². The predicted molar refractivity (Wildman–Crippen MR) is 102 cm³/mol. The van der Waals surface area contributed by atoms with E-state index in [-0.39, 0.29) is 5.91 Å².